The molecule has 0 atom stereocenters. The summed E-state index contributed by atoms with van der Waals surface area (Å²) >= 11 is 1.34. The predicted octanol–water partition coefficient (Wildman–Crippen LogP) is 3.37. The first-order valence-electron chi connectivity index (χ1n) is 9.34. The minimum atomic E-state index is -0.564. The Labute approximate surface area is 171 Å². The topological polar surface area (TPSA) is 103 Å². The van der Waals surface area contributed by atoms with Crippen LogP contribution >= 0.6 is 11.3 Å². The van der Waals surface area contributed by atoms with Gasteiger partial charge in [0.1, 0.15) is 11.6 Å². The molecule has 2 aromatic heterocycles. The van der Waals surface area contributed by atoms with Crippen LogP contribution in [0, 0.1) is 0 Å². The molecule has 0 bridgehead atoms. The van der Waals surface area contributed by atoms with Gasteiger partial charge in [-0.2, -0.15) is 9.61 Å². The Bertz CT molecular complexity index is 1100. The van der Waals surface area contributed by atoms with E-state index in [4.69, 9.17) is 4.74 Å². The summed E-state index contributed by atoms with van der Waals surface area (Å²) in [5, 5.41) is 7.81. The normalized spacial score (nSPS) is 11.0. The summed E-state index contributed by atoms with van der Waals surface area (Å²) < 4.78 is 6.56. The molecule has 1 N–H and O–H groups in total. The molecular weight excluding hydrogens is 392 g/mol. The summed E-state index contributed by atoms with van der Waals surface area (Å²) in [5.41, 5.74) is 0.873. The van der Waals surface area contributed by atoms with Crippen LogP contribution in [-0.2, 0) is 16.1 Å². The molecule has 0 aliphatic rings. The third kappa shape index (κ3) is 5.05. The SMILES string of the molecule is CCCC(=O)Nc1cccc(C(=O)OCc2cc(=O)n3nc(C(C)C)sc3n2)c1. The van der Waals surface area contributed by atoms with Crippen molar-refractivity contribution in [1.82, 2.24) is 14.6 Å². The average Bonchev–Trinajstić information content (AvgIpc) is 3.12. The quantitative estimate of drug-likeness (QED) is 0.595. The molecule has 0 aliphatic carbocycles. The molecule has 0 fully saturated rings. The third-order valence-corrected chi connectivity index (χ3v) is 5.23. The third-order valence-electron chi connectivity index (χ3n) is 4.02. The van der Waals surface area contributed by atoms with Crippen LogP contribution in [0.25, 0.3) is 4.96 Å². The van der Waals surface area contributed by atoms with E-state index in [1.165, 1.54) is 21.9 Å². The molecule has 8 nitrogen and oxygen atoms in total. The summed E-state index contributed by atoms with van der Waals surface area (Å²) in [6, 6.07) is 7.84. The maximum absolute atomic E-state index is 12.4. The number of ether oxygens (including phenoxy) is 1. The molecular formula is C20H22N4O4S. The van der Waals surface area contributed by atoms with Gasteiger partial charge < -0.3 is 10.1 Å². The van der Waals surface area contributed by atoms with E-state index in [0.717, 1.165) is 11.4 Å². The van der Waals surface area contributed by atoms with E-state index in [2.05, 4.69) is 15.4 Å². The molecule has 1 amide bonds. The Morgan fingerprint density at radius 1 is 1.28 bits per heavy atom. The maximum Gasteiger partial charge on any atom is 0.338 e. The van der Waals surface area contributed by atoms with E-state index in [1.54, 1.807) is 24.3 Å². The zero-order valence-electron chi connectivity index (χ0n) is 16.5. The highest BCUT2D eigenvalue weighted by Gasteiger charge is 2.14. The number of carbonyl (C=O) groups is 2. The van der Waals surface area contributed by atoms with Gasteiger partial charge in [0, 0.05) is 24.1 Å². The molecule has 3 rings (SSSR count). The van der Waals surface area contributed by atoms with Crippen LogP contribution in [0.1, 0.15) is 60.6 Å². The Balaban J connectivity index is 1.70. The van der Waals surface area contributed by atoms with Crippen molar-refractivity contribution in [2.24, 2.45) is 0 Å². The number of nitrogens with one attached hydrogen (secondary N) is 1. The van der Waals surface area contributed by atoms with Crippen LogP contribution in [0.2, 0.25) is 0 Å². The minimum absolute atomic E-state index is 0.110. The highest BCUT2D eigenvalue weighted by atomic mass is 32.1. The van der Waals surface area contributed by atoms with Crippen molar-refractivity contribution >= 4 is 33.9 Å². The van der Waals surface area contributed by atoms with E-state index < -0.39 is 5.97 Å². The van der Waals surface area contributed by atoms with Crippen molar-refractivity contribution in [1.29, 1.82) is 0 Å². The first-order chi connectivity index (χ1) is 13.9. The minimum Gasteiger partial charge on any atom is -0.456 e. The van der Waals surface area contributed by atoms with Gasteiger partial charge in [-0.05, 0) is 24.6 Å². The van der Waals surface area contributed by atoms with Crippen LogP contribution in [0.3, 0.4) is 0 Å². The number of amides is 1. The average molecular weight is 414 g/mol. The number of esters is 1. The molecule has 0 aliphatic heterocycles. The van der Waals surface area contributed by atoms with Gasteiger partial charge in [0.25, 0.3) is 5.56 Å². The molecule has 0 saturated carbocycles. The first kappa shape index (κ1) is 20.7. The molecule has 0 saturated heterocycles. The second-order valence-electron chi connectivity index (χ2n) is 6.83. The van der Waals surface area contributed by atoms with Crippen LogP contribution < -0.4 is 10.9 Å². The van der Waals surface area contributed by atoms with Crippen LogP contribution in [-0.4, -0.2) is 26.5 Å². The number of nitrogens with zero attached hydrogens (tertiary/aromatic N) is 3. The molecule has 0 spiro atoms. The summed E-state index contributed by atoms with van der Waals surface area (Å²) in [7, 11) is 0. The van der Waals surface area contributed by atoms with E-state index in [-0.39, 0.29) is 24.0 Å². The Hall–Kier alpha value is -3.07. The van der Waals surface area contributed by atoms with Gasteiger partial charge in [-0.25, -0.2) is 9.78 Å². The molecule has 9 heteroatoms. The van der Waals surface area contributed by atoms with Gasteiger partial charge in [0.05, 0.1) is 11.3 Å². The van der Waals surface area contributed by atoms with Crippen LogP contribution in [0.5, 0.6) is 0 Å². The van der Waals surface area contributed by atoms with E-state index in [0.29, 0.717) is 28.3 Å². The van der Waals surface area contributed by atoms with Gasteiger partial charge in [-0.1, -0.05) is 38.2 Å². The number of fused-ring (bicyclic) bond motifs is 1. The number of carbonyl (C=O) groups excluding carboxylic acids is 2. The monoisotopic (exact) mass is 414 g/mol. The number of hydrogen-bond donors (Lipinski definition) is 1. The smallest absolute Gasteiger partial charge is 0.338 e. The molecule has 0 unspecified atom stereocenters. The molecule has 0 radical (unpaired) electrons. The van der Waals surface area contributed by atoms with Gasteiger partial charge in [-0.15, -0.1) is 0 Å². The van der Waals surface area contributed by atoms with Crippen molar-refractivity contribution in [3.8, 4) is 0 Å². The maximum atomic E-state index is 12.4. The van der Waals surface area contributed by atoms with E-state index >= 15 is 0 Å². The van der Waals surface area contributed by atoms with Gasteiger partial charge in [-0.3, -0.25) is 9.59 Å². The highest BCUT2D eigenvalue weighted by molar-refractivity contribution is 7.16. The first-order valence-corrected chi connectivity index (χ1v) is 10.2. The van der Waals surface area contributed by atoms with Crippen LogP contribution in [0.4, 0.5) is 5.69 Å². The van der Waals surface area contributed by atoms with Crippen molar-refractivity contribution in [3.63, 3.8) is 0 Å². The standard InChI is InChI=1S/C20H22N4O4S/c1-4-6-16(25)21-14-8-5-7-13(9-14)19(27)28-11-15-10-17(26)24-20(22-15)29-18(23-24)12(2)3/h5,7-10,12H,4,6,11H2,1-3H3,(H,21,25). The molecule has 152 valence electrons. The lowest BCUT2D eigenvalue weighted by molar-refractivity contribution is -0.116. The van der Waals surface area contributed by atoms with Crippen molar-refractivity contribution in [2.75, 3.05) is 5.32 Å². The molecule has 3 aromatic rings. The summed E-state index contributed by atoms with van der Waals surface area (Å²) in [4.78, 5) is 41.2. The van der Waals surface area contributed by atoms with Crippen LogP contribution in [0.15, 0.2) is 35.1 Å². The fourth-order valence-corrected chi connectivity index (χ4v) is 3.50. The fraction of sp³-hybridized carbons (Fsp3) is 0.350. The van der Waals surface area contributed by atoms with Crippen molar-refractivity contribution < 1.29 is 14.3 Å². The molecule has 2 heterocycles. The number of anilines is 1. The van der Waals surface area contributed by atoms with E-state index in [1.807, 2.05) is 20.8 Å². The number of benzene rings is 1. The Morgan fingerprint density at radius 2 is 2.07 bits per heavy atom. The largest absolute Gasteiger partial charge is 0.456 e. The van der Waals surface area contributed by atoms with Crippen molar-refractivity contribution in [2.45, 2.75) is 46.1 Å². The van der Waals surface area contributed by atoms with E-state index in [9.17, 15) is 14.4 Å². The number of aromatic nitrogens is 3. The van der Waals surface area contributed by atoms with Gasteiger partial charge >= 0.3 is 5.97 Å². The van der Waals surface area contributed by atoms with Gasteiger partial charge in [0.2, 0.25) is 10.9 Å². The Morgan fingerprint density at radius 3 is 2.79 bits per heavy atom. The molecule has 29 heavy (non-hydrogen) atoms. The number of rotatable bonds is 7. The Kier molecular flexibility index (Phi) is 6.38. The lowest BCUT2D eigenvalue weighted by Gasteiger charge is -2.07. The lowest BCUT2D eigenvalue weighted by Crippen LogP contribution is -2.17. The second kappa shape index (κ2) is 8.95. The molecule has 1 aromatic carbocycles. The predicted molar refractivity (Wildman–Crippen MR) is 110 cm³/mol. The summed E-state index contributed by atoms with van der Waals surface area (Å²) in [6.45, 7) is 5.76. The summed E-state index contributed by atoms with van der Waals surface area (Å²) in [5.74, 6) is -0.487. The highest BCUT2D eigenvalue weighted by Crippen LogP contribution is 2.20. The summed E-state index contributed by atoms with van der Waals surface area (Å²) in [6.07, 6.45) is 1.15. The van der Waals surface area contributed by atoms with Gasteiger partial charge in [0.15, 0.2) is 0 Å². The fourth-order valence-electron chi connectivity index (χ4n) is 2.58. The second-order valence-corrected chi connectivity index (χ2v) is 7.82. The lowest BCUT2D eigenvalue weighted by atomic mass is 10.2. The zero-order valence-corrected chi connectivity index (χ0v) is 17.3. The number of hydrogen-bond acceptors (Lipinski definition) is 7. The van der Waals surface area contributed by atoms with Crippen molar-refractivity contribution in [3.05, 3.63) is 57.0 Å². The zero-order chi connectivity index (χ0) is 21.0.